The molecular formula is C42H62N6O13. The minimum absolute atomic E-state index is 0.00202. The van der Waals surface area contributed by atoms with Gasteiger partial charge in [0.15, 0.2) is 0 Å². The number of methoxy groups -OCH3 is 2. The van der Waals surface area contributed by atoms with Crippen LogP contribution in [0.4, 0.5) is 4.79 Å². The van der Waals surface area contributed by atoms with Crippen molar-refractivity contribution in [3.63, 3.8) is 0 Å². The Bertz CT molecular complexity index is 1930. The second-order valence-corrected chi connectivity index (χ2v) is 14.5. The number of rotatable bonds is 29. The maximum absolute atomic E-state index is 13.1. The molecule has 1 saturated heterocycles. The SMILES string of the molecule is COC[C@@H](C)n1c(C2CCN(C(=O)COCCOCCOCCOCCOCCOCCOCCNC(=O)O)CC2)nc2cnc3cc(-c4c(C)noc4C)c(OC)cc3c21. The van der Waals surface area contributed by atoms with Crippen LogP contribution in [0.15, 0.2) is 22.9 Å². The standard InChI is InChI=1S/C42H62N6O13/c1-29(27-52-4)48-40-33-25-37(53-5)34(39-30(2)46-61-31(39)3)24-35(33)44-26-36(40)45-41(48)32-6-9-47(10-7-32)38(49)28-60-23-22-59-21-20-58-19-18-57-17-16-56-15-14-55-13-12-54-11-8-43-42(50)51/h24-26,29,32,43H,6-23,27-28H2,1-5H3,(H,50,51)/t29-/m1/s1. The zero-order valence-electron chi connectivity index (χ0n) is 36.1. The Kier molecular flexibility index (Phi) is 19.9. The summed E-state index contributed by atoms with van der Waals surface area (Å²) in [5.74, 6) is 2.49. The van der Waals surface area contributed by atoms with Crippen molar-refractivity contribution in [2.24, 2.45) is 0 Å². The molecule has 4 aromatic rings. The number of aryl methyl sites for hydroxylation is 2. The molecular weight excluding hydrogens is 796 g/mol. The molecule has 0 radical (unpaired) electrons. The first-order chi connectivity index (χ1) is 29.7. The molecule has 2 N–H and O–H groups in total. The molecule has 2 amide bonds. The smallest absolute Gasteiger partial charge is 0.404 e. The molecule has 0 unspecified atom stereocenters. The number of piperidine rings is 1. The van der Waals surface area contributed by atoms with Crippen LogP contribution < -0.4 is 10.1 Å². The molecule has 5 rings (SSSR count). The molecule has 1 aliphatic rings. The van der Waals surface area contributed by atoms with Crippen LogP contribution in [-0.4, -0.2) is 175 Å². The molecule has 1 atom stereocenters. The summed E-state index contributed by atoms with van der Waals surface area (Å²) in [6, 6.07) is 4.06. The number of carbonyl (C=O) groups excluding carboxylic acids is 1. The van der Waals surface area contributed by atoms with E-state index in [0.29, 0.717) is 117 Å². The van der Waals surface area contributed by atoms with Crippen LogP contribution in [-0.2, 0) is 42.7 Å². The summed E-state index contributed by atoms with van der Waals surface area (Å²) in [5.41, 5.74) is 5.15. The number of fused-ring (bicyclic) bond motifs is 3. The maximum atomic E-state index is 13.1. The van der Waals surface area contributed by atoms with E-state index in [1.165, 1.54) is 0 Å². The number of carbonyl (C=O) groups is 2. The molecule has 0 saturated carbocycles. The van der Waals surface area contributed by atoms with Gasteiger partial charge in [-0.1, -0.05) is 5.16 Å². The highest BCUT2D eigenvalue weighted by Gasteiger charge is 2.30. The Morgan fingerprint density at radius 2 is 1.41 bits per heavy atom. The highest BCUT2D eigenvalue weighted by atomic mass is 16.6. The second kappa shape index (κ2) is 25.5. The topological polar surface area (TPSA) is 209 Å². The van der Waals surface area contributed by atoms with Gasteiger partial charge in [-0.15, -0.1) is 0 Å². The fourth-order valence-corrected chi connectivity index (χ4v) is 7.29. The van der Waals surface area contributed by atoms with E-state index in [-0.39, 0.29) is 31.0 Å². The van der Waals surface area contributed by atoms with Crippen LogP contribution in [0.5, 0.6) is 5.75 Å². The fraction of sp³-hybridized carbons (Fsp3) is 0.643. The fourth-order valence-electron chi connectivity index (χ4n) is 7.29. The van der Waals surface area contributed by atoms with E-state index in [1.54, 1.807) is 14.2 Å². The second-order valence-electron chi connectivity index (χ2n) is 14.5. The highest BCUT2D eigenvalue weighted by molar-refractivity contribution is 6.05. The van der Waals surface area contributed by atoms with Crippen molar-refractivity contribution < 1.29 is 61.9 Å². The van der Waals surface area contributed by atoms with E-state index in [0.717, 1.165) is 57.4 Å². The van der Waals surface area contributed by atoms with Gasteiger partial charge in [0.2, 0.25) is 5.91 Å². The molecule has 338 valence electrons. The van der Waals surface area contributed by atoms with Crippen LogP contribution in [0.2, 0.25) is 0 Å². The predicted molar refractivity (Wildman–Crippen MR) is 223 cm³/mol. The lowest BCUT2D eigenvalue weighted by atomic mass is 9.95. The van der Waals surface area contributed by atoms with Gasteiger partial charge >= 0.3 is 6.09 Å². The summed E-state index contributed by atoms with van der Waals surface area (Å²) < 4.78 is 57.6. The zero-order chi connectivity index (χ0) is 43.4. The third-order valence-electron chi connectivity index (χ3n) is 10.2. The van der Waals surface area contributed by atoms with Crippen LogP contribution in [0.3, 0.4) is 0 Å². The molecule has 0 spiro atoms. The van der Waals surface area contributed by atoms with Crippen molar-refractivity contribution >= 4 is 33.9 Å². The molecule has 1 aliphatic heterocycles. The number of nitrogens with zero attached hydrogens (tertiary/aromatic N) is 5. The molecule has 0 aliphatic carbocycles. The number of nitrogens with one attached hydrogen (secondary N) is 1. The summed E-state index contributed by atoms with van der Waals surface area (Å²) in [6.45, 7) is 13.2. The maximum Gasteiger partial charge on any atom is 0.404 e. The molecule has 1 aromatic carbocycles. The van der Waals surface area contributed by atoms with Gasteiger partial charge in [0, 0.05) is 43.6 Å². The van der Waals surface area contributed by atoms with E-state index in [2.05, 4.69) is 22.0 Å². The number of ether oxygens (including phenoxy) is 9. The number of imidazole rings is 1. The van der Waals surface area contributed by atoms with Gasteiger partial charge in [-0.2, -0.15) is 0 Å². The van der Waals surface area contributed by atoms with Crippen LogP contribution in [0, 0.1) is 13.8 Å². The lowest BCUT2D eigenvalue weighted by Crippen LogP contribution is -2.40. The molecule has 4 heterocycles. The minimum atomic E-state index is -1.07. The third-order valence-corrected chi connectivity index (χ3v) is 10.2. The number of likely N-dealkylation sites (tertiary alicyclic amines) is 1. The Labute approximate surface area is 356 Å². The number of carboxylic acid groups (broad SMARTS) is 1. The largest absolute Gasteiger partial charge is 0.496 e. The quantitative estimate of drug-likeness (QED) is 0.0735. The van der Waals surface area contributed by atoms with E-state index in [1.807, 2.05) is 37.1 Å². The summed E-state index contributed by atoms with van der Waals surface area (Å²) >= 11 is 0. The monoisotopic (exact) mass is 858 g/mol. The first-order valence-electron chi connectivity index (χ1n) is 20.8. The predicted octanol–water partition coefficient (Wildman–Crippen LogP) is 4.16. The van der Waals surface area contributed by atoms with Gasteiger partial charge in [0.05, 0.1) is 134 Å². The average molecular weight is 859 g/mol. The van der Waals surface area contributed by atoms with Gasteiger partial charge < -0.3 is 67.0 Å². The summed E-state index contributed by atoms with van der Waals surface area (Å²) in [4.78, 5) is 35.2. The van der Waals surface area contributed by atoms with Gasteiger partial charge in [-0.3, -0.25) is 9.78 Å². The van der Waals surface area contributed by atoms with Crippen molar-refractivity contribution in [1.29, 1.82) is 0 Å². The molecule has 1 fully saturated rings. The van der Waals surface area contributed by atoms with E-state index >= 15 is 0 Å². The summed E-state index contributed by atoms with van der Waals surface area (Å²) in [5, 5.41) is 15.8. The number of hydrogen-bond donors (Lipinski definition) is 2. The van der Waals surface area contributed by atoms with E-state index < -0.39 is 6.09 Å². The third kappa shape index (κ3) is 14.0. The molecule has 3 aromatic heterocycles. The lowest BCUT2D eigenvalue weighted by Gasteiger charge is -2.32. The molecule has 0 bridgehead atoms. The van der Waals surface area contributed by atoms with Gasteiger partial charge in [0.25, 0.3) is 0 Å². The molecule has 61 heavy (non-hydrogen) atoms. The van der Waals surface area contributed by atoms with Crippen molar-refractivity contribution in [2.45, 2.75) is 45.6 Å². The lowest BCUT2D eigenvalue weighted by molar-refractivity contribution is -0.137. The number of aromatic nitrogens is 4. The van der Waals surface area contributed by atoms with Gasteiger partial charge in [-0.05, 0) is 45.7 Å². The van der Waals surface area contributed by atoms with E-state index in [9.17, 15) is 9.59 Å². The Morgan fingerprint density at radius 1 is 0.836 bits per heavy atom. The normalized spacial score (nSPS) is 14.0. The average Bonchev–Trinajstić information content (AvgIpc) is 3.82. The number of pyridine rings is 1. The van der Waals surface area contributed by atoms with Crippen molar-refractivity contribution in [2.75, 3.05) is 133 Å². The van der Waals surface area contributed by atoms with Crippen molar-refractivity contribution in [1.82, 2.24) is 29.9 Å². The highest BCUT2D eigenvalue weighted by Crippen LogP contribution is 2.41. The summed E-state index contributed by atoms with van der Waals surface area (Å²) in [6.07, 6.45) is 2.31. The number of benzene rings is 1. The first kappa shape index (κ1) is 47.6. The minimum Gasteiger partial charge on any atom is -0.496 e. The van der Waals surface area contributed by atoms with Gasteiger partial charge in [0.1, 0.15) is 29.5 Å². The number of amides is 2. The van der Waals surface area contributed by atoms with Gasteiger partial charge in [-0.25, -0.2) is 9.78 Å². The summed E-state index contributed by atoms with van der Waals surface area (Å²) in [7, 11) is 3.37. The van der Waals surface area contributed by atoms with Crippen LogP contribution >= 0.6 is 0 Å². The Balaban J connectivity index is 0.957. The zero-order valence-corrected chi connectivity index (χ0v) is 36.1. The molecule has 19 nitrogen and oxygen atoms in total. The molecule has 19 heteroatoms. The van der Waals surface area contributed by atoms with Crippen molar-refractivity contribution in [3.05, 3.63) is 35.6 Å². The van der Waals surface area contributed by atoms with Crippen LogP contribution in [0.1, 0.15) is 49.0 Å². The Hall–Kier alpha value is -4.47. The van der Waals surface area contributed by atoms with E-state index in [4.69, 9.17) is 62.2 Å². The Morgan fingerprint density at radius 3 is 1.93 bits per heavy atom. The van der Waals surface area contributed by atoms with Crippen LogP contribution in [0.25, 0.3) is 33.1 Å². The number of hydrogen-bond acceptors (Lipinski definition) is 15. The first-order valence-corrected chi connectivity index (χ1v) is 20.8. The van der Waals surface area contributed by atoms with Crippen molar-refractivity contribution in [3.8, 4) is 16.9 Å².